The highest BCUT2D eigenvalue weighted by Crippen LogP contribution is 2.29. The number of hydrogen-bond donors (Lipinski definition) is 1. The molecule has 2 atom stereocenters. The summed E-state index contributed by atoms with van der Waals surface area (Å²) in [5.41, 5.74) is 6.77. The van der Waals surface area contributed by atoms with Gasteiger partial charge in [0.25, 0.3) is 0 Å². The first-order valence-corrected chi connectivity index (χ1v) is 7.16. The van der Waals surface area contributed by atoms with Gasteiger partial charge in [0.15, 0.2) is 11.6 Å². The molecule has 1 aromatic rings. The van der Waals surface area contributed by atoms with Crippen molar-refractivity contribution in [3.8, 4) is 5.75 Å². The van der Waals surface area contributed by atoms with Gasteiger partial charge in [-0.25, -0.2) is 4.39 Å². The molecule has 1 fully saturated rings. The summed E-state index contributed by atoms with van der Waals surface area (Å²) < 4.78 is 19.2. The zero-order valence-electron chi connectivity index (χ0n) is 10.7. The maximum Gasteiger partial charge on any atom is 0.169 e. The molecule has 2 unspecified atom stereocenters. The lowest BCUT2D eigenvalue weighted by Crippen LogP contribution is -2.46. The van der Waals surface area contributed by atoms with Gasteiger partial charge in [-0.3, -0.25) is 4.90 Å². The van der Waals surface area contributed by atoms with Gasteiger partial charge < -0.3 is 10.5 Å². The molecule has 18 heavy (non-hydrogen) atoms. The molecule has 1 aromatic carbocycles. The van der Waals surface area contributed by atoms with Gasteiger partial charge in [0.2, 0.25) is 0 Å². The van der Waals surface area contributed by atoms with Crippen molar-refractivity contribution in [3.05, 3.63) is 29.6 Å². The van der Waals surface area contributed by atoms with E-state index in [4.69, 9.17) is 10.5 Å². The van der Waals surface area contributed by atoms with Crippen molar-refractivity contribution >= 4 is 11.8 Å². The van der Waals surface area contributed by atoms with Crippen molar-refractivity contribution in [2.24, 2.45) is 5.73 Å². The zero-order chi connectivity index (χ0) is 13.1. The van der Waals surface area contributed by atoms with Crippen molar-refractivity contribution in [1.29, 1.82) is 0 Å². The average molecular weight is 270 g/mol. The largest absolute Gasteiger partial charge is 0.494 e. The average Bonchev–Trinajstić information content (AvgIpc) is 2.39. The van der Waals surface area contributed by atoms with Gasteiger partial charge in [-0.15, -0.1) is 0 Å². The summed E-state index contributed by atoms with van der Waals surface area (Å²) in [6.07, 6.45) is 0. The number of thioether (sulfide) groups is 1. The molecule has 0 amide bonds. The Balaban J connectivity index is 2.24. The number of likely N-dealkylation sites (N-methyl/N-ethyl adjacent to an activating group) is 1. The lowest BCUT2D eigenvalue weighted by atomic mass is 9.99. The third kappa shape index (κ3) is 2.63. The molecular weight excluding hydrogens is 251 g/mol. The second-order valence-electron chi connectivity index (χ2n) is 4.51. The monoisotopic (exact) mass is 270 g/mol. The third-order valence-corrected chi connectivity index (χ3v) is 4.48. The van der Waals surface area contributed by atoms with Gasteiger partial charge in [0.1, 0.15) is 0 Å². The topological polar surface area (TPSA) is 38.5 Å². The van der Waals surface area contributed by atoms with Gasteiger partial charge in [-0.05, 0) is 13.1 Å². The molecule has 100 valence electrons. The van der Waals surface area contributed by atoms with Crippen LogP contribution in [-0.4, -0.2) is 43.1 Å². The number of benzene rings is 1. The Morgan fingerprint density at radius 3 is 3.00 bits per heavy atom. The van der Waals surface area contributed by atoms with E-state index < -0.39 is 0 Å². The number of methoxy groups -OCH3 is 1. The third-order valence-electron chi connectivity index (χ3n) is 3.43. The van der Waals surface area contributed by atoms with Gasteiger partial charge in [0, 0.05) is 35.7 Å². The quantitative estimate of drug-likeness (QED) is 0.910. The summed E-state index contributed by atoms with van der Waals surface area (Å²) in [6, 6.07) is 5.00. The Morgan fingerprint density at radius 2 is 2.33 bits per heavy atom. The van der Waals surface area contributed by atoms with Crippen LogP contribution in [0.25, 0.3) is 0 Å². The van der Waals surface area contributed by atoms with Crippen LogP contribution < -0.4 is 10.5 Å². The van der Waals surface area contributed by atoms with Crippen molar-refractivity contribution in [2.75, 3.05) is 32.2 Å². The van der Waals surface area contributed by atoms with Crippen LogP contribution in [0.5, 0.6) is 5.75 Å². The summed E-state index contributed by atoms with van der Waals surface area (Å²) >= 11 is 1.87. The Morgan fingerprint density at radius 1 is 1.56 bits per heavy atom. The summed E-state index contributed by atoms with van der Waals surface area (Å²) in [5, 5.41) is 0. The Kier molecular flexibility index (Phi) is 4.48. The first kappa shape index (κ1) is 13.6. The van der Waals surface area contributed by atoms with E-state index in [2.05, 4.69) is 4.90 Å². The second-order valence-corrected chi connectivity index (χ2v) is 5.66. The lowest BCUT2D eigenvalue weighted by Gasteiger charge is -2.36. The van der Waals surface area contributed by atoms with Gasteiger partial charge in [0.05, 0.1) is 7.11 Å². The van der Waals surface area contributed by atoms with Crippen LogP contribution in [-0.2, 0) is 0 Å². The van der Waals surface area contributed by atoms with E-state index in [9.17, 15) is 4.39 Å². The summed E-state index contributed by atoms with van der Waals surface area (Å²) in [6.45, 7) is 0.995. The number of nitrogens with zero attached hydrogens (tertiary/aromatic N) is 1. The fourth-order valence-electron chi connectivity index (χ4n) is 2.23. The molecule has 0 radical (unpaired) electrons. The molecule has 0 spiro atoms. The minimum absolute atomic E-state index is 0.172. The maximum absolute atomic E-state index is 14.2. The van der Waals surface area contributed by atoms with E-state index in [0.29, 0.717) is 5.56 Å². The van der Waals surface area contributed by atoms with E-state index in [-0.39, 0.29) is 23.7 Å². The number of nitrogens with two attached hydrogens (primary N) is 1. The molecule has 1 aliphatic rings. The van der Waals surface area contributed by atoms with Crippen molar-refractivity contribution in [2.45, 2.75) is 12.1 Å². The number of ether oxygens (including phenoxy) is 1. The van der Waals surface area contributed by atoms with E-state index >= 15 is 0 Å². The SMILES string of the molecule is COc1cccc(C(N)C2CSCCN2C)c1F. The molecule has 2 rings (SSSR count). The summed E-state index contributed by atoms with van der Waals surface area (Å²) in [5.74, 6) is 1.97. The predicted octanol–water partition coefficient (Wildman–Crippen LogP) is 1.88. The van der Waals surface area contributed by atoms with Crippen molar-refractivity contribution < 1.29 is 9.13 Å². The molecule has 1 heterocycles. The van der Waals surface area contributed by atoms with Crippen LogP contribution in [0.15, 0.2) is 18.2 Å². The number of rotatable bonds is 3. The van der Waals surface area contributed by atoms with Crippen LogP contribution in [0.2, 0.25) is 0 Å². The minimum Gasteiger partial charge on any atom is -0.494 e. The highest BCUT2D eigenvalue weighted by molar-refractivity contribution is 7.99. The minimum atomic E-state index is -0.337. The number of halogens is 1. The Labute approximate surface area is 111 Å². The van der Waals surface area contributed by atoms with Gasteiger partial charge in [-0.2, -0.15) is 11.8 Å². The van der Waals surface area contributed by atoms with Crippen LogP contribution in [0.4, 0.5) is 4.39 Å². The van der Waals surface area contributed by atoms with E-state index in [1.54, 1.807) is 18.2 Å². The normalized spacial score (nSPS) is 22.8. The van der Waals surface area contributed by atoms with E-state index in [1.807, 2.05) is 18.8 Å². The molecule has 1 aliphatic heterocycles. The fraction of sp³-hybridized carbons (Fsp3) is 0.538. The maximum atomic E-state index is 14.2. The van der Waals surface area contributed by atoms with Crippen molar-refractivity contribution in [1.82, 2.24) is 4.90 Å². The summed E-state index contributed by atoms with van der Waals surface area (Å²) in [4.78, 5) is 2.21. The number of hydrogen-bond acceptors (Lipinski definition) is 4. The Hall–Kier alpha value is -0.780. The second kappa shape index (κ2) is 5.91. The molecule has 0 aliphatic carbocycles. The smallest absolute Gasteiger partial charge is 0.169 e. The molecular formula is C13H19FN2OS. The van der Waals surface area contributed by atoms with Crippen molar-refractivity contribution in [3.63, 3.8) is 0 Å². The highest BCUT2D eigenvalue weighted by Gasteiger charge is 2.28. The summed E-state index contributed by atoms with van der Waals surface area (Å²) in [7, 11) is 3.51. The highest BCUT2D eigenvalue weighted by atomic mass is 32.2. The standard InChI is InChI=1S/C13H19FN2OS/c1-16-6-7-18-8-10(16)13(15)9-4-3-5-11(17-2)12(9)14/h3-5,10,13H,6-8,15H2,1-2H3. The molecule has 0 bridgehead atoms. The lowest BCUT2D eigenvalue weighted by molar-refractivity contribution is 0.234. The molecule has 0 aromatic heterocycles. The van der Waals surface area contributed by atoms with Crippen LogP contribution >= 0.6 is 11.8 Å². The first-order valence-electron chi connectivity index (χ1n) is 6.01. The fourth-order valence-corrected chi connectivity index (χ4v) is 3.52. The molecule has 5 heteroatoms. The molecule has 3 nitrogen and oxygen atoms in total. The van der Waals surface area contributed by atoms with Crippen LogP contribution in [0.3, 0.4) is 0 Å². The van der Waals surface area contributed by atoms with Crippen LogP contribution in [0, 0.1) is 5.82 Å². The van der Waals surface area contributed by atoms with Gasteiger partial charge >= 0.3 is 0 Å². The first-order chi connectivity index (χ1) is 8.65. The van der Waals surface area contributed by atoms with Crippen LogP contribution in [0.1, 0.15) is 11.6 Å². The molecule has 1 saturated heterocycles. The molecule has 0 saturated carbocycles. The Bertz CT molecular complexity index is 416. The van der Waals surface area contributed by atoms with E-state index in [0.717, 1.165) is 18.1 Å². The van der Waals surface area contributed by atoms with E-state index in [1.165, 1.54) is 7.11 Å². The zero-order valence-corrected chi connectivity index (χ0v) is 11.5. The predicted molar refractivity (Wildman–Crippen MR) is 73.6 cm³/mol. The van der Waals surface area contributed by atoms with Gasteiger partial charge in [-0.1, -0.05) is 12.1 Å². The molecule has 2 N–H and O–H groups in total.